The maximum atomic E-state index is 12.3. The average Bonchev–Trinajstić information content (AvgIpc) is 3.01. The number of halogens is 1. The van der Waals surface area contributed by atoms with Crippen LogP contribution in [-0.4, -0.2) is 37.9 Å². The summed E-state index contributed by atoms with van der Waals surface area (Å²) in [5.41, 5.74) is 0.467. The van der Waals surface area contributed by atoms with Crippen LogP contribution in [0.1, 0.15) is 30.1 Å². The average molecular weight is 312 g/mol. The first-order valence-electron chi connectivity index (χ1n) is 7.17. The van der Waals surface area contributed by atoms with Gasteiger partial charge >= 0.3 is 0 Å². The summed E-state index contributed by atoms with van der Waals surface area (Å²) in [5.74, 6) is 0.840. The lowest BCUT2D eigenvalue weighted by Gasteiger charge is -2.22. The topological polar surface area (TPSA) is 56.8 Å². The second-order valence-electron chi connectivity index (χ2n) is 5.30. The Kier molecular flexibility index (Phi) is 4.22. The van der Waals surface area contributed by atoms with Crippen LogP contribution in [-0.2, 0) is 4.74 Å². The molecule has 114 valence electrons. The Morgan fingerprint density at radius 3 is 2.90 bits per heavy atom. The summed E-state index contributed by atoms with van der Waals surface area (Å²) in [6.45, 7) is 3.64. The minimum absolute atomic E-state index is 0.0352. The van der Waals surface area contributed by atoms with E-state index < -0.39 is 0 Å². The zero-order chi connectivity index (χ0) is 14.8. The third kappa shape index (κ3) is 3.09. The van der Waals surface area contributed by atoms with Crippen LogP contribution in [0.2, 0.25) is 5.02 Å². The van der Waals surface area contributed by atoms with Crippen LogP contribution in [0.4, 0.5) is 0 Å². The quantitative estimate of drug-likeness (QED) is 0.931. The number of benzene rings is 1. The largest absolute Gasteiger partial charge is 0.486 e. The molecule has 2 aliphatic rings. The zero-order valence-corrected chi connectivity index (χ0v) is 12.6. The Morgan fingerprint density at radius 2 is 2.14 bits per heavy atom. The number of carbonyl (C=O) groups excluding carboxylic acids is 1. The van der Waals surface area contributed by atoms with E-state index >= 15 is 0 Å². The minimum Gasteiger partial charge on any atom is -0.486 e. The molecular formula is C15H18ClNO4. The highest BCUT2D eigenvalue weighted by atomic mass is 35.5. The highest BCUT2D eigenvalue weighted by Gasteiger charge is 2.25. The van der Waals surface area contributed by atoms with Gasteiger partial charge in [0, 0.05) is 12.2 Å². The molecule has 0 aromatic heterocycles. The molecule has 2 aliphatic heterocycles. The number of nitrogens with one attached hydrogen (secondary N) is 1. The lowest BCUT2D eigenvalue weighted by Crippen LogP contribution is -2.40. The molecule has 1 saturated heterocycles. The van der Waals surface area contributed by atoms with Crippen molar-refractivity contribution in [2.24, 2.45) is 0 Å². The molecule has 21 heavy (non-hydrogen) atoms. The summed E-state index contributed by atoms with van der Waals surface area (Å²) in [5, 5.41) is 3.34. The van der Waals surface area contributed by atoms with Crippen molar-refractivity contribution < 1.29 is 19.0 Å². The molecular weight excluding hydrogens is 294 g/mol. The lowest BCUT2D eigenvalue weighted by atomic mass is 10.1. The van der Waals surface area contributed by atoms with Gasteiger partial charge in [0.1, 0.15) is 13.2 Å². The molecule has 1 aromatic carbocycles. The first kappa shape index (κ1) is 14.5. The number of hydrogen-bond acceptors (Lipinski definition) is 4. The van der Waals surface area contributed by atoms with E-state index in [1.54, 1.807) is 12.1 Å². The van der Waals surface area contributed by atoms with Gasteiger partial charge in [-0.1, -0.05) is 11.6 Å². The van der Waals surface area contributed by atoms with Crippen LogP contribution in [0.25, 0.3) is 0 Å². The van der Waals surface area contributed by atoms with Gasteiger partial charge in [0.25, 0.3) is 5.91 Å². The molecule has 0 saturated carbocycles. The number of ether oxygens (including phenoxy) is 3. The monoisotopic (exact) mass is 311 g/mol. The molecule has 1 fully saturated rings. The van der Waals surface area contributed by atoms with E-state index in [1.807, 2.05) is 6.92 Å². The maximum Gasteiger partial charge on any atom is 0.251 e. The van der Waals surface area contributed by atoms with Gasteiger partial charge in [-0.25, -0.2) is 0 Å². The standard InChI is InChI=1S/C15H18ClNO4/c1-9(12-3-2-4-19-12)17-15(18)10-7-11(16)14-13(8-10)20-5-6-21-14/h7-9,12H,2-6H2,1H3,(H,17,18)/t9-,12-/m1/s1. The van der Waals surface area contributed by atoms with Crippen molar-refractivity contribution in [3.63, 3.8) is 0 Å². The van der Waals surface area contributed by atoms with Crippen LogP contribution < -0.4 is 14.8 Å². The molecule has 2 heterocycles. The Bertz CT molecular complexity index is 543. The van der Waals surface area contributed by atoms with Crippen molar-refractivity contribution in [1.82, 2.24) is 5.32 Å². The summed E-state index contributed by atoms with van der Waals surface area (Å²) >= 11 is 6.15. The van der Waals surface area contributed by atoms with E-state index in [2.05, 4.69) is 5.32 Å². The molecule has 5 nitrogen and oxygen atoms in total. The molecule has 1 amide bonds. The predicted octanol–water partition coefficient (Wildman–Crippen LogP) is 2.41. The normalized spacial score (nSPS) is 21.9. The fraction of sp³-hybridized carbons (Fsp3) is 0.533. The Balaban J connectivity index is 1.73. The van der Waals surface area contributed by atoms with Crippen molar-refractivity contribution in [1.29, 1.82) is 0 Å². The SMILES string of the molecule is C[C@@H](NC(=O)c1cc(Cl)c2c(c1)OCCO2)[C@H]1CCCO1. The van der Waals surface area contributed by atoms with Gasteiger partial charge in [-0.3, -0.25) is 4.79 Å². The lowest BCUT2D eigenvalue weighted by molar-refractivity contribution is 0.0712. The first-order valence-corrected chi connectivity index (χ1v) is 7.54. The molecule has 0 aliphatic carbocycles. The Hall–Kier alpha value is -1.46. The highest BCUT2D eigenvalue weighted by Crippen LogP contribution is 2.38. The zero-order valence-electron chi connectivity index (χ0n) is 11.9. The summed E-state index contributed by atoms with van der Waals surface area (Å²) in [6, 6.07) is 3.23. The van der Waals surface area contributed by atoms with Gasteiger partial charge in [0.05, 0.1) is 17.2 Å². The van der Waals surface area contributed by atoms with Gasteiger partial charge in [0.15, 0.2) is 11.5 Å². The van der Waals surface area contributed by atoms with E-state index in [9.17, 15) is 4.79 Å². The van der Waals surface area contributed by atoms with Crippen LogP contribution in [0.3, 0.4) is 0 Å². The van der Waals surface area contributed by atoms with E-state index in [-0.39, 0.29) is 18.1 Å². The van der Waals surface area contributed by atoms with Crippen molar-refractivity contribution in [3.8, 4) is 11.5 Å². The maximum absolute atomic E-state index is 12.3. The third-order valence-corrected chi connectivity index (χ3v) is 4.02. The molecule has 2 atom stereocenters. The van der Waals surface area contributed by atoms with Gasteiger partial charge in [0.2, 0.25) is 0 Å². The summed E-state index contributed by atoms with van der Waals surface area (Å²) in [7, 11) is 0. The number of fused-ring (bicyclic) bond motifs is 1. The predicted molar refractivity (Wildman–Crippen MR) is 78.3 cm³/mol. The first-order chi connectivity index (χ1) is 10.1. The third-order valence-electron chi connectivity index (χ3n) is 3.74. The smallest absolute Gasteiger partial charge is 0.251 e. The molecule has 1 N–H and O–H groups in total. The van der Waals surface area contributed by atoms with Crippen LogP contribution in [0, 0.1) is 0 Å². The highest BCUT2D eigenvalue weighted by molar-refractivity contribution is 6.32. The summed E-state index contributed by atoms with van der Waals surface area (Å²) < 4.78 is 16.5. The fourth-order valence-corrected chi connectivity index (χ4v) is 2.89. The van der Waals surface area contributed by atoms with E-state index in [0.29, 0.717) is 35.3 Å². The molecule has 0 radical (unpaired) electrons. The number of carbonyl (C=O) groups is 1. The van der Waals surface area contributed by atoms with E-state index in [4.69, 9.17) is 25.8 Å². The van der Waals surface area contributed by atoms with Crippen LogP contribution >= 0.6 is 11.6 Å². The number of hydrogen-bond donors (Lipinski definition) is 1. The Morgan fingerprint density at radius 1 is 1.33 bits per heavy atom. The van der Waals surface area contributed by atoms with E-state index in [1.165, 1.54) is 0 Å². The van der Waals surface area contributed by atoms with Gasteiger partial charge < -0.3 is 19.5 Å². The minimum atomic E-state index is -0.183. The molecule has 3 rings (SSSR count). The van der Waals surface area contributed by atoms with Crippen molar-refractivity contribution in [3.05, 3.63) is 22.7 Å². The van der Waals surface area contributed by atoms with Gasteiger partial charge in [-0.05, 0) is 31.9 Å². The molecule has 0 spiro atoms. The summed E-state index contributed by atoms with van der Waals surface area (Å²) in [4.78, 5) is 12.3. The van der Waals surface area contributed by atoms with Crippen molar-refractivity contribution >= 4 is 17.5 Å². The second-order valence-corrected chi connectivity index (χ2v) is 5.70. The van der Waals surface area contributed by atoms with Crippen molar-refractivity contribution in [2.75, 3.05) is 19.8 Å². The summed E-state index contributed by atoms with van der Waals surface area (Å²) in [6.07, 6.45) is 2.10. The molecule has 0 unspecified atom stereocenters. The van der Waals surface area contributed by atoms with E-state index in [0.717, 1.165) is 19.4 Å². The Labute approximate surface area is 128 Å². The van der Waals surface area contributed by atoms with Crippen molar-refractivity contribution in [2.45, 2.75) is 31.9 Å². The molecule has 6 heteroatoms. The number of amides is 1. The second kappa shape index (κ2) is 6.12. The van der Waals surface area contributed by atoms with Gasteiger partial charge in [-0.2, -0.15) is 0 Å². The van der Waals surface area contributed by atoms with Crippen LogP contribution in [0.5, 0.6) is 11.5 Å². The van der Waals surface area contributed by atoms with Crippen LogP contribution in [0.15, 0.2) is 12.1 Å². The molecule has 0 bridgehead atoms. The molecule has 1 aromatic rings. The number of rotatable bonds is 3. The van der Waals surface area contributed by atoms with Gasteiger partial charge in [-0.15, -0.1) is 0 Å². The fourth-order valence-electron chi connectivity index (χ4n) is 2.62.